The molecule has 2 aromatic rings. The highest BCUT2D eigenvalue weighted by atomic mass is 19.1. The first kappa shape index (κ1) is 24.4. The predicted molar refractivity (Wildman–Crippen MR) is 115 cm³/mol. The van der Waals surface area contributed by atoms with Crippen molar-refractivity contribution in [3.63, 3.8) is 0 Å². The van der Waals surface area contributed by atoms with E-state index >= 15 is 0 Å². The molecule has 0 aliphatic carbocycles. The quantitative estimate of drug-likeness (QED) is 0.525. The first-order chi connectivity index (χ1) is 15.0. The van der Waals surface area contributed by atoms with Gasteiger partial charge >= 0.3 is 6.09 Å². The van der Waals surface area contributed by atoms with Crippen molar-refractivity contribution in [2.75, 3.05) is 4.90 Å². The maximum atomic E-state index is 14.5. The van der Waals surface area contributed by atoms with Crippen LogP contribution in [-0.2, 0) is 9.53 Å². The summed E-state index contributed by atoms with van der Waals surface area (Å²) in [5.41, 5.74) is -2.41. The van der Waals surface area contributed by atoms with Crippen molar-refractivity contribution < 1.29 is 28.4 Å². The van der Waals surface area contributed by atoms with Crippen molar-refractivity contribution in [3.8, 4) is 0 Å². The number of carbonyl (C=O) groups is 3. The Morgan fingerprint density at radius 2 is 1.75 bits per heavy atom. The van der Waals surface area contributed by atoms with Gasteiger partial charge in [0.05, 0.1) is 10.6 Å². The van der Waals surface area contributed by atoms with Gasteiger partial charge in [0.2, 0.25) is 0 Å². The fourth-order valence-electron chi connectivity index (χ4n) is 2.85. The van der Waals surface area contributed by atoms with Crippen molar-refractivity contribution in [1.29, 1.82) is 0 Å². The average Bonchev–Trinajstić information content (AvgIpc) is 2.71. The summed E-state index contributed by atoms with van der Waals surface area (Å²) in [5, 5.41) is 13.8. The maximum absolute atomic E-state index is 14.5. The molecule has 10 heteroatoms. The second kappa shape index (κ2) is 9.99. The monoisotopic (exact) mass is 445 g/mol. The molecule has 170 valence electrons. The van der Waals surface area contributed by atoms with Gasteiger partial charge in [-0.1, -0.05) is 31.2 Å². The first-order valence-corrected chi connectivity index (χ1v) is 9.82. The van der Waals surface area contributed by atoms with Crippen LogP contribution in [0.2, 0.25) is 0 Å². The molecule has 0 saturated heterocycles. The van der Waals surface area contributed by atoms with Crippen LogP contribution >= 0.6 is 0 Å². The van der Waals surface area contributed by atoms with E-state index in [1.54, 1.807) is 45.9 Å². The number of nitrogens with zero attached hydrogens (tertiary/aromatic N) is 2. The van der Waals surface area contributed by atoms with Crippen molar-refractivity contribution in [1.82, 2.24) is 5.32 Å². The van der Waals surface area contributed by atoms with Gasteiger partial charge in [0.15, 0.2) is 5.56 Å². The number of anilines is 1. The number of carbonyl (C=O) groups excluding carboxylic acids is 3. The molecule has 0 aromatic heterocycles. The summed E-state index contributed by atoms with van der Waals surface area (Å²) >= 11 is 0. The minimum Gasteiger partial charge on any atom is -0.444 e. The number of imide groups is 1. The first-order valence-electron chi connectivity index (χ1n) is 9.82. The highest BCUT2D eigenvalue weighted by Gasteiger charge is 2.36. The highest BCUT2D eigenvalue weighted by molar-refractivity contribution is 6.23. The molecule has 0 bridgehead atoms. The molecule has 2 aromatic carbocycles. The summed E-state index contributed by atoms with van der Waals surface area (Å²) < 4.78 is 19.7. The zero-order valence-electron chi connectivity index (χ0n) is 18.1. The van der Waals surface area contributed by atoms with Crippen LogP contribution in [0, 0.1) is 15.9 Å². The van der Waals surface area contributed by atoms with Gasteiger partial charge in [-0.2, -0.15) is 0 Å². The van der Waals surface area contributed by atoms with E-state index in [2.05, 4.69) is 5.32 Å². The lowest BCUT2D eigenvalue weighted by atomic mass is 10.1. The Labute approximate surface area is 184 Å². The highest BCUT2D eigenvalue weighted by Crippen LogP contribution is 2.26. The number of nitro benzene ring substituents is 1. The molecule has 0 radical (unpaired) electrons. The van der Waals surface area contributed by atoms with Crippen molar-refractivity contribution in [3.05, 3.63) is 70.0 Å². The average molecular weight is 445 g/mol. The summed E-state index contributed by atoms with van der Waals surface area (Å²) in [7, 11) is 0. The van der Waals surface area contributed by atoms with Crippen LogP contribution in [-0.4, -0.2) is 34.5 Å². The minimum absolute atomic E-state index is 0.0597. The van der Waals surface area contributed by atoms with Crippen LogP contribution in [0.5, 0.6) is 0 Å². The summed E-state index contributed by atoms with van der Waals surface area (Å²) in [5.74, 6) is -3.27. The molecule has 0 fully saturated rings. The number of ether oxygens (including phenoxy) is 1. The summed E-state index contributed by atoms with van der Waals surface area (Å²) in [6, 6.07) is 9.31. The van der Waals surface area contributed by atoms with Gasteiger partial charge in [0.1, 0.15) is 17.5 Å². The number of benzene rings is 2. The van der Waals surface area contributed by atoms with Crippen molar-refractivity contribution >= 4 is 29.3 Å². The zero-order valence-corrected chi connectivity index (χ0v) is 18.1. The Balaban J connectivity index is 2.51. The standard InChI is InChI=1S/C22H24FN3O6/c1-5-16(24-21(29)32-22(2,3)4)19(27)25(14-10-7-6-8-11-14)20(28)18-15(23)12-9-13-17(18)26(30)31/h6-13,16H,5H2,1-4H3,(H,24,29). The lowest BCUT2D eigenvalue weighted by Crippen LogP contribution is -2.51. The maximum Gasteiger partial charge on any atom is 0.408 e. The molecule has 1 N–H and O–H groups in total. The third-order valence-electron chi connectivity index (χ3n) is 4.24. The van der Waals surface area contributed by atoms with Crippen LogP contribution in [0.25, 0.3) is 0 Å². The van der Waals surface area contributed by atoms with Gasteiger partial charge in [-0.05, 0) is 45.4 Å². The molecule has 32 heavy (non-hydrogen) atoms. The van der Waals surface area contributed by atoms with E-state index in [-0.39, 0.29) is 12.1 Å². The number of hydrogen-bond acceptors (Lipinski definition) is 6. The summed E-state index contributed by atoms with van der Waals surface area (Å²) in [6.07, 6.45) is -0.802. The smallest absolute Gasteiger partial charge is 0.408 e. The van der Waals surface area contributed by atoms with E-state index in [1.165, 1.54) is 12.1 Å². The third-order valence-corrected chi connectivity index (χ3v) is 4.24. The minimum atomic E-state index is -1.23. The molecule has 0 heterocycles. The van der Waals surface area contributed by atoms with E-state index in [0.717, 1.165) is 18.2 Å². The van der Waals surface area contributed by atoms with Gasteiger partial charge in [-0.15, -0.1) is 0 Å². The van der Waals surface area contributed by atoms with E-state index < -0.39 is 51.5 Å². The molecule has 3 amide bonds. The molecule has 0 saturated carbocycles. The third kappa shape index (κ3) is 5.87. The number of nitro groups is 1. The van der Waals surface area contributed by atoms with Crippen molar-refractivity contribution in [2.45, 2.75) is 45.8 Å². The van der Waals surface area contributed by atoms with Crippen LogP contribution in [0.3, 0.4) is 0 Å². The predicted octanol–water partition coefficient (Wildman–Crippen LogP) is 4.21. The lowest BCUT2D eigenvalue weighted by Gasteiger charge is -2.27. The van der Waals surface area contributed by atoms with Gasteiger partial charge in [-0.3, -0.25) is 19.7 Å². The fraction of sp³-hybridized carbons (Fsp3) is 0.318. The van der Waals surface area contributed by atoms with E-state index in [1.807, 2.05) is 0 Å². The molecule has 2 rings (SSSR count). The number of alkyl carbamates (subject to hydrolysis) is 1. The van der Waals surface area contributed by atoms with Crippen LogP contribution < -0.4 is 10.2 Å². The normalized spacial score (nSPS) is 11.9. The zero-order chi connectivity index (χ0) is 24.1. The Hall–Kier alpha value is -3.82. The lowest BCUT2D eigenvalue weighted by molar-refractivity contribution is -0.385. The van der Waals surface area contributed by atoms with E-state index in [4.69, 9.17) is 4.74 Å². The van der Waals surface area contributed by atoms with Gasteiger partial charge < -0.3 is 10.1 Å². The Kier molecular flexibility index (Phi) is 7.63. The molecule has 0 aliphatic heterocycles. The van der Waals surface area contributed by atoms with E-state index in [0.29, 0.717) is 4.90 Å². The fourth-order valence-corrected chi connectivity index (χ4v) is 2.85. The van der Waals surface area contributed by atoms with Crippen LogP contribution in [0.1, 0.15) is 44.5 Å². The SMILES string of the molecule is CCC(NC(=O)OC(C)(C)C)C(=O)N(C(=O)c1c(F)cccc1[N+](=O)[O-])c1ccccc1. The molecule has 0 spiro atoms. The topological polar surface area (TPSA) is 119 Å². The van der Waals surface area contributed by atoms with Crippen LogP contribution in [0.15, 0.2) is 48.5 Å². The van der Waals surface area contributed by atoms with Crippen LogP contribution in [0.4, 0.5) is 20.6 Å². The molecular weight excluding hydrogens is 421 g/mol. The second-order valence-corrected chi connectivity index (χ2v) is 7.81. The largest absolute Gasteiger partial charge is 0.444 e. The number of halogens is 1. The molecule has 0 aliphatic rings. The number of rotatable bonds is 6. The molecule has 1 unspecified atom stereocenters. The molecule has 1 atom stereocenters. The summed E-state index contributed by atoms with van der Waals surface area (Å²) in [6.45, 7) is 6.53. The van der Waals surface area contributed by atoms with E-state index in [9.17, 15) is 28.9 Å². The Morgan fingerprint density at radius 1 is 1.12 bits per heavy atom. The number of para-hydroxylation sites is 1. The molecule has 9 nitrogen and oxygen atoms in total. The van der Waals surface area contributed by atoms with Gasteiger partial charge in [0, 0.05) is 6.07 Å². The summed E-state index contributed by atoms with van der Waals surface area (Å²) in [4.78, 5) is 49.9. The number of hydrogen-bond donors (Lipinski definition) is 1. The van der Waals surface area contributed by atoms with Gasteiger partial charge in [-0.25, -0.2) is 14.1 Å². The number of nitrogens with one attached hydrogen (secondary N) is 1. The Morgan fingerprint density at radius 3 is 2.28 bits per heavy atom. The van der Waals surface area contributed by atoms with Gasteiger partial charge in [0.25, 0.3) is 17.5 Å². The number of amides is 3. The van der Waals surface area contributed by atoms with Crippen molar-refractivity contribution in [2.24, 2.45) is 0 Å². The Bertz CT molecular complexity index is 1020. The second-order valence-electron chi connectivity index (χ2n) is 7.81. The molecular formula is C22H24FN3O6.